The number of carbonyl (C=O) groups excluding carboxylic acids is 1. The number of ether oxygens (including phenoxy) is 1. The van der Waals surface area contributed by atoms with Gasteiger partial charge in [0.25, 0.3) is 0 Å². The molecule has 5 heteroatoms. The number of carbonyl (C=O) groups is 1. The van der Waals surface area contributed by atoms with Gasteiger partial charge in [-0.15, -0.1) is 0 Å². The summed E-state index contributed by atoms with van der Waals surface area (Å²) in [5, 5.41) is 7.58. The van der Waals surface area contributed by atoms with E-state index in [2.05, 4.69) is 28.6 Å². The third kappa shape index (κ3) is 4.48. The summed E-state index contributed by atoms with van der Waals surface area (Å²) in [5.41, 5.74) is 4.25. The van der Waals surface area contributed by atoms with Crippen molar-refractivity contribution in [2.24, 2.45) is 0 Å². The summed E-state index contributed by atoms with van der Waals surface area (Å²) in [4.78, 5) is 12.1. The van der Waals surface area contributed by atoms with Crippen LogP contribution in [0.5, 0.6) is 0 Å². The minimum Gasteiger partial charge on any atom is -0.378 e. The van der Waals surface area contributed by atoms with Gasteiger partial charge in [0.1, 0.15) is 0 Å². The topological polar surface area (TPSA) is 56.2 Å². The highest BCUT2D eigenvalue weighted by molar-refractivity contribution is 5.76. The van der Waals surface area contributed by atoms with E-state index in [4.69, 9.17) is 4.74 Å². The molecular weight excluding hydrogens is 314 g/mol. The van der Waals surface area contributed by atoms with Gasteiger partial charge in [0.15, 0.2) is 0 Å². The second kappa shape index (κ2) is 7.83. The summed E-state index contributed by atoms with van der Waals surface area (Å²) in [5.74, 6) is 0.0885. The van der Waals surface area contributed by atoms with E-state index in [-0.39, 0.29) is 18.1 Å². The predicted octanol–water partition coefficient (Wildman–Crippen LogP) is 3.63. The van der Waals surface area contributed by atoms with Crippen LogP contribution in [0, 0.1) is 13.8 Å². The average Bonchev–Trinajstić information content (AvgIpc) is 3.22. The van der Waals surface area contributed by atoms with E-state index < -0.39 is 0 Å². The Morgan fingerprint density at radius 2 is 2.12 bits per heavy atom. The number of rotatable bonds is 6. The molecule has 2 aromatic rings. The molecule has 2 atom stereocenters. The van der Waals surface area contributed by atoms with Crippen molar-refractivity contribution >= 4 is 5.91 Å². The summed E-state index contributed by atoms with van der Waals surface area (Å²) >= 11 is 0. The molecule has 3 rings (SSSR count). The summed E-state index contributed by atoms with van der Waals surface area (Å²) in [6.07, 6.45) is 3.80. The van der Waals surface area contributed by atoms with Crippen LogP contribution in [0.3, 0.4) is 0 Å². The van der Waals surface area contributed by atoms with Gasteiger partial charge in [-0.1, -0.05) is 12.1 Å². The number of nitrogens with one attached hydrogen (secondary N) is 1. The van der Waals surface area contributed by atoms with Gasteiger partial charge >= 0.3 is 0 Å². The second-order valence-corrected chi connectivity index (χ2v) is 6.89. The molecule has 0 bridgehead atoms. The minimum atomic E-state index is -0.00787. The number of hydrogen-bond donors (Lipinski definition) is 1. The van der Waals surface area contributed by atoms with Crippen molar-refractivity contribution < 1.29 is 9.53 Å². The van der Waals surface area contributed by atoms with Gasteiger partial charge in [-0.25, -0.2) is 4.68 Å². The molecule has 25 heavy (non-hydrogen) atoms. The van der Waals surface area contributed by atoms with E-state index in [1.807, 2.05) is 37.6 Å². The average molecular weight is 341 g/mol. The van der Waals surface area contributed by atoms with E-state index in [1.165, 1.54) is 0 Å². The first-order valence-corrected chi connectivity index (χ1v) is 9.07. The van der Waals surface area contributed by atoms with Crippen molar-refractivity contribution in [2.75, 3.05) is 6.61 Å². The van der Waals surface area contributed by atoms with Gasteiger partial charge in [-0.3, -0.25) is 4.79 Å². The Morgan fingerprint density at radius 3 is 2.72 bits per heavy atom. The van der Waals surface area contributed by atoms with Gasteiger partial charge < -0.3 is 10.1 Å². The molecule has 1 aromatic heterocycles. The first-order chi connectivity index (χ1) is 12.0. The zero-order valence-electron chi connectivity index (χ0n) is 15.3. The van der Waals surface area contributed by atoms with Crippen molar-refractivity contribution in [3.63, 3.8) is 0 Å². The van der Waals surface area contributed by atoms with E-state index in [0.29, 0.717) is 6.42 Å². The van der Waals surface area contributed by atoms with E-state index in [9.17, 15) is 4.79 Å². The maximum absolute atomic E-state index is 12.1. The Morgan fingerprint density at radius 1 is 1.36 bits per heavy atom. The molecule has 0 spiro atoms. The fourth-order valence-electron chi connectivity index (χ4n) is 3.36. The maximum atomic E-state index is 12.1. The Hall–Kier alpha value is -2.14. The van der Waals surface area contributed by atoms with Crippen molar-refractivity contribution in [3.8, 4) is 5.69 Å². The monoisotopic (exact) mass is 341 g/mol. The highest BCUT2D eigenvalue weighted by Gasteiger charge is 2.17. The molecule has 1 N–H and O–H groups in total. The van der Waals surface area contributed by atoms with Crippen molar-refractivity contribution in [1.82, 2.24) is 15.1 Å². The Labute approximate surface area is 149 Å². The lowest BCUT2D eigenvalue weighted by Gasteiger charge is -2.16. The molecule has 0 saturated carbocycles. The van der Waals surface area contributed by atoms with Gasteiger partial charge in [-0.05, 0) is 63.8 Å². The number of aromatic nitrogens is 2. The van der Waals surface area contributed by atoms with Gasteiger partial charge in [-0.2, -0.15) is 5.10 Å². The molecule has 1 aromatic carbocycles. The van der Waals surface area contributed by atoms with Crippen molar-refractivity contribution in [1.29, 1.82) is 0 Å². The largest absolute Gasteiger partial charge is 0.378 e. The molecule has 0 aliphatic carbocycles. The van der Waals surface area contributed by atoms with Crippen LogP contribution < -0.4 is 5.32 Å². The quantitative estimate of drug-likeness (QED) is 0.873. The minimum absolute atomic E-state index is 0.00787. The van der Waals surface area contributed by atoms with E-state index in [0.717, 1.165) is 48.5 Å². The van der Waals surface area contributed by atoms with Crippen LogP contribution in [-0.2, 0) is 9.53 Å². The van der Waals surface area contributed by atoms with Gasteiger partial charge in [0.2, 0.25) is 5.91 Å². The van der Waals surface area contributed by atoms with E-state index in [1.54, 1.807) is 0 Å². The number of benzene rings is 1. The molecule has 5 nitrogen and oxygen atoms in total. The molecule has 2 heterocycles. The lowest BCUT2D eigenvalue weighted by Crippen LogP contribution is -2.27. The van der Waals surface area contributed by atoms with Crippen LogP contribution >= 0.6 is 0 Å². The lowest BCUT2D eigenvalue weighted by molar-refractivity contribution is -0.122. The zero-order valence-corrected chi connectivity index (χ0v) is 15.3. The summed E-state index contributed by atoms with van der Waals surface area (Å²) in [6.45, 7) is 6.89. The Kier molecular flexibility index (Phi) is 5.53. The van der Waals surface area contributed by atoms with Gasteiger partial charge in [0.05, 0.1) is 23.5 Å². The normalized spacial score (nSPS) is 18.3. The van der Waals surface area contributed by atoms with Crippen LogP contribution in [0.2, 0.25) is 0 Å². The maximum Gasteiger partial charge on any atom is 0.220 e. The van der Waals surface area contributed by atoms with Crippen LogP contribution in [0.4, 0.5) is 0 Å². The first kappa shape index (κ1) is 17.7. The first-order valence-electron chi connectivity index (χ1n) is 9.07. The SMILES string of the molecule is Cc1cc(C)n(-c2ccc([C@H](C)NC(=O)CC[C@@H]3CCCO3)cc2)n1. The zero-order chi connectivity index (χ0) is 17.8. The molecule has 1 saturated heterocycles. The molecule has 134 valence electrons. The molecule has 0 radical (unpaired) electrons. The Balaban J connectivity index is 1.55. The molecule has 1 aliphatic heterocycles. The molecule has 1 aliphatic rings. The molecule has 1 amide bonds. The highest BCUT2D eigenvalue weighted by atomic mass is 16.5. The third-order valence-corrected chi connectivity index (χ3v) is 4.74. The molecular formula is C20H27N3O2. The van der Waals surface area contributed by atoms with Crippen LogP contribution in [0.1, 0.15) is 55.6 Å². The lowest BCUT2D eigenvalue weighted by atomic mass is 10.1. The number of hydrogen-bond acceptors (Lipinski definition) is 3. The number of nitrogens with zero attached hydrogens (tertiary/aromatic N) is 2. The highest BCUT2D eigenvalue weighted by Crippen LogP contribution is 2.19. The standard InChI is InChI=1S/C20H27N3O2/c1-14-13-15(2)23(22-14)18-8-6-17(7-9-18)16(3)21-20(24)11-10-19-5-4-12-25-19/h6-9,13,16,19H,4-5,10-12H2,1-3H3,(H,21,24)/t16-,19-/m0/s1. The molecule has 0 unspecified atom stereocenters. The van der Waals surface area contributed by atoms with Gasteiger partial charge in [0, 0.05) is 18.7 Å². The smallest absolute Gasteiger partial charge is 0.220 e. The fraction of sp³-hybridized carbons (Fsp3) is 0.500. The third-order valence-electron chi connectivity index (χ3n) is 4.74. The van der Waals surface area contributed by atoms with E-state index >= 15 is 0 Å². The van der Waals surface area contributed by atoms with Crippen LogP contribution in [0.25, 0.3) is 5.69 Å². The summed E-state index contributed by atoms with van der Waals surface area (Å²) in [7, 11) is 0. The molecule has 1 fully saturated rings. The number of aryl methyl sites for hydroxylation is 2. The van der Waals surface area contributed by atoms with Crippen LogP contribution in [0.15, 0.2) is 30.3 Å². The number of amides is 1. The second-order valence-electron chi connectivity index (χ2n) is 6.89. The summed E-state index contributed by atoms with van der Waals surface area (Å²) in [6, 6.07) is 10.2. The van der Waals surface area contributed by atoms with Crippen molar-refractivity contribution in [3.05, 3.63) is 47.3 Å². The Bertz CT molecular complexity index is 715. The van der Waals surface area contributed by atoms with Crippen LogP contribution in [-0.4, -0.2) is 28.4 Å². The predicted molar refractivity (Wildman–Crippen MR) is 97.8 cm³/mol. The fourth-order valence-corrected chi connectivity index (χ4v) is 3.36. The van der Waals surface area contributed by atoms with Crippen molar-refractivity contribution in [2.45, 2.75) is 58.6 Å². The summed E-state index contributed by atoms with van der Waals surface area (Å²) < 4.78 is 7.51.